The number of hydrogen-bond donors (Lipinski definition) is 1. The van der Waals surface area contributed by atoms with E-state index in [9.17, 15) is 4.79 Å². The first kappa shape index (κ1) is 13.8. The molecular weight excluding hydrogens is 228 g/mol. The van der Waals surface area contributed by atoms with Gasteiger partial charge in [-0.1, -0.05) is 25.7 Å². The Balaban J connectivity index is 1.79. The first-order valence-corrected chi connectivity index (χ1v) is 7.38. The Morgan fingerprint density at radius 3 is 2.22 bits per heavy atom. The van der Waals surface area contributed by atoms with Gasteiger partial charge in [-0.15, -0.1) is 0 Å². The van der Waals surface area contributed by atoms with Crippen LogP contribution in [0.4, 0.5) is 0 Å². The molecule has 4 heteroatoms. The number of nitrogens with zero attached hydrogens (tertiary/aromatic N) is 1. The number of amides is 1. The average molecular weight is 254 g/mol. The normalized spacial score (nSPS) is 23.9. The summed E-state index contributed by atoms with van der Waals surface area (Å²) in [4.78, 5) is 14.1. The zero-order valence-electron chi connectivity index (χ0n) is 11.3. The van der Waals surface area contributed by atoms with Gasteiger partial charge in [-0.3, -0.25) is 4.79 Å². The van der Waals surface area contributed by atoms with Gasteiger partial charge in [-0.25, -0.2) is 0 Å². The first-order valence-electron chi connectivity index (χ1n) is 7.38. The maximum Gasteiger partial charge on any atom is 0.248 e. The van der Waals surface area contributed by atoms with Crippen LogP contribution in [0.25, 0.3) is 0 Å². The predicted octanol–water partition coefficient (Wildman–Crippen LogP) is 1.68. The molecule has 2 aliphatic rings. The van der Waals surface area contributed by atoms with Crippen LogP contribution < -0.4 is 5.73 Å². The molecule has 1 saturated carbocycles. The summed E-state index contributed by atoms with van der Waals surface area (Å²) in [5, 5.41) is 0. The molecule has 0 radical (unpaired) electrons. The van der Waals surface area contributed by atoms with Gasteiger partial charge < -0.3 is 15.4 Å². The second-order valence-corrected chi connectivity index (χ2v) is 5.68. The van der Waals surface area contributed by atoms with Crippen molar-refractivity contribution in [3.8, 4) is 0 Å². The maximum atomic E-state index is 12.1. The minimum atomic E-state index is -0.207. The number of carbonyl (C=O) groups is 1. The summed E-state index contributed by atoms with van der Waals surface area (Å²) < 4.78 is 5.88. The molecule has 1 aliphatic carbocycles. The summed E-state index contributed by atoms with van der Waals surface area (Å²) in [6.07, 6.45) is 9.13. The van der Waals surface area contributed by atoms with Crippen molar-refractivity contribution in [2.75, 3.05) is 26.2 Å². The Labute approximate surface area is 110 Å². The second-order valence-electron chi connectivity index (χ2n) is 5.68. The average Bonchev–Trinajstić information content (AvgIpc) is 2.70. The molecule has 0 bridgehead atoms. The van der Waals surface area contributed by atoms with Crippen molar-refractivity contribution in [1.29, 1.82) is 0 Å². The van der Waals surface area contributed by atoms with Crippen LogP contribution in [0.1, 0.15) is 51.4 Å². The van der Waals surface area contributed by atoms with E-state index in [0.717, 1.165) is 38.8 Å². The molecule has 104 valence electrons. The summed E-state index contributed by atoms with van der Waals surface area (Å²) in [6.45, 7) is 2.56. The lowest BCUT2D eigenvalue weighted by Gasteiger charge is -2.29. The summed E-state index contributed by atoms with van der Waals surface area (Å²) in [7, 11) is 0. The van der Waals surface area contributed by atoms with Gasteiger partial charge in [0.2, 0.25) is 5.91 Å². The molecule has 0 aromatic heterocycles. The van der Waals surface area contributed by atoms with E-state index in [1.165, 1.54) is 25.7 Å². The van der Waals surface area contributed by atoms with E-state index in [2.05, 4.69) is 0 Å². The molecule has 1 aliphatic heterocycles. The molecule has 1 amide bonds. The molecule has 2 N–H and O–H groups in total. The molecule has 18 heavy (non-hydrogen) atoms. The van der Waals surface area contributed by atoms with Crippen LogP contribution in [0.15, 0.2) is 0 Å². The topological polar surface area (TPSA) is 55.6 Å². The van der Waals surface area contributed by atoms with Crippen molar-refractivity contribution in [3.63, 3.8) is 0 Å². The molecule has 0 aromatic rings. The zero-order valence-corrected chi connectivity index (χ0v) is 11.3. The Kier molecular flexibility index (Phi) is 5.01. The summed E-state index contributed by atoms with van der Waals surface area (Å²) in [5.74, 6) is 0.150. The zero-order chi connectivity index (χ0) is 12.8. The lowest BCUT2D eigenvalue weighted by Crippen LogP contribution is -2.42. The summed E-state index contributed by atoms with van der Waals surface area (Å²) in [6, 6.07) is 0. The number of ether oxygens (including phenoxy) is 1. The monoisotopic (exact) mass is 254 g/mol. The van der Waals surface area contributed by atoms with Gasteiger partial charge >= 0.3 is 0 Å². The van der Waals surface area contributed by atoms with E-state index < -0.39 is 0 Å². The SMILES string of the molecule is NCC1(OCC(=O)N2CCCCCC2)CCCC1. The van der Waals surface area contributed by atoms with Gasteiger partial charge in [0.25, 0.3) is 0 Å². The Morgan fingerprint density at radius 2 is 1.67 bits per heavy atom. The van der Waals surface area contributed by atoms with Crippen molar-refractivity contribution in [1.82, 2.24) is 4.90 Å². The molecule has 2 rings (SSSR count). The second kappa shape index (κ2) is 6.53. The first-order chi connectivity index (χ1) is 8.76. The van der Waals surface area contributed by atoms with E-state index >= 15 is 0 Å². The Hall–Kier alpha value is -0.610. The fourth-order valence-corrected chi connectivity index (χ4v) is 3.05. The standard InChI is InChI=1S/C14H26N2O2/c15-12-14(7-3-4-8-14)18-11-13(17)16-9-5-1-2-6-10-16/h1-12,15H2. The van der Waals surface area contributed by atoms with Crippen LogP contribution in [0.5, 0.6) is 0 Å². The number of carbonyl (C=O) groups excluding carboxylic acids is 1. The number of nitrogens with two attached hydrogens (primary N) is 1. The van der Waals surface area contributed by atoms with Crippen LogP contribution in [-0.4, -0.2) is 42.6 Å². The Bertz CT molecular complexity index is 267. The third kappa shape index (κ3) is 3.45. The van der Waals surface area contributed by atoms with Crippen molar-refractivity contribution in [2.24, 2.45) is 5.73 Å². The van der Waals surface area contributed by atoms with Gasteiger partial charge in [0.05, 0.1) is 5.60 Å². The Morgan fingerprint density at radius 1 is 1.06 bits per heavy atom. The molecule has 0 unspecified atom stereocenters. The highest BCUT2D eigenvalue weighted by molar-refractivity contribution is 5.77. The minimum Gasteiger partial charge on any atom is -0.364 e. The number of rotatable bonds is 4. The fourth-order valence-electron chi connectivity index (χ4n) is 3.05. The highest BCUT2D eigenvalue weighted by atomic mass is 16.5. The van der Waals surface area contributed by atoms with Crippen molar-refractivity contribution >= 4 is 5.91 Å². The van der Waals surface area contributed by atoms with Gasteiger partial charge in [0, 0.05) is 19.6 Å². The summed E-state index contributed by atoms with van der Waals surface area (Å²) in [5.41, 5.74) is 5.60. The molecule has 0 atom stereocenters. The minimum absolute atomic E-state index is 0.150. The van der Waals surface area contributed by atoms with E-state index in [4.69, 9.17) is 10.5 Å². The van der Waals surface area contributed by atoms with Crippen LogP contribution in [0, 0.1) is 0 Å². The molecular formula is C14H26N2O2. The third-order valence-corrected chi connectivity index (χ3v) is 4.35. The number of hydrogen-bond acceptors (Lipinski definition) is 3. The van der Waals surface area contributed by atoms with Gasteiger partial charge in [0.15, 0.2) is 0 Å². The lowest BCUT2D eigenvalue weighted by atomic mass is 10.0. The maximum absolute atomic E-state index is 12.1. The van der Waals surface area contributed by atoms with Crippen molar-refractivity contribution in [3.05, 3.63) is 0 Å². The largest absolute Gasteiger partial charge is 0.364 e. The smallest absolute Gasteiger partial charge is 0.248 e. The predicted molar refractivity (Wildman–Crippen MR) is 71.3 cm³/mol. The van der Waals surface area contributed by atoms with Gasteiger partial charge in [0.1, 0.15) is 6.61 Å². The molecule has 1 saturated heterocycles. The molecule has 2 fully saturated rings. The highest BCUT2D eigenvalue weighted by Crippen LogP contribution is 2.32. The highest BCUT2D eigenvalue weighted by Gasteiger charge is 2.34. The molecule has 4 nitrogen and oxygen atoms in total. The van der Waals surface area contributed by atoms with Crippen molar-refractivity contribution < 1.29 is 9.53 Å². The molecule has 1 heterocycles. The van der Waals surface area contributed by atoms with Crippen LogP contribution >= 0.6 is 0 Å². The third-order valence-electron chi connectivity index (χ3n) is 4.35. The van der Waals surface area contributed by atoms with E-state index in [1.807, 2.05) is 4.90 Å². The van der Waals surface area contributed by atoms with Crippen LogP contribution in [0.3, 0.4) is 0 Å². The van der Waals surface area contributed by atoms with Crippen LogP contribution in [0.2, 0.25) is 0 Å². The van der Waals surface area contributed by atoms with Gasteiger partial charge in [-0.05, 0) is 25.7 Å². The number of likely N-dealkylation sites (tertiary alicyclic amines) is 1. The van der Waals surface area contributed by atoms with E-state index in [0.29, 0.717) is 6.54 Å². The van der Waals surface area contributed by atoms with Gasteiger partial charge in [-0.2, -0.15) is 0 Å². The van der Waals surface area contributed by atoms with E-state index in [1.54, 1.807) is 0 Å². The summed E-state index contributed by atoms with van der Waals surface area (Å²) >= 11 is 0. The quantitative estimate of drug-likeness (QED) is 0.830. The molecule has 0 aromatic carbocycles. The molecule has 0 spiro atoms. The van der Waals surface area contributed by atoms with Crippen molar-refractivity contribution in [2.45, 2.75) is 57.0 Å². The lowest BCUT2D eigenvalue weighted by molar-refractivity contribution is -0.142. The van der Waals surface area contributed by atoms with E-state index in [-0.39, 0.29) is 18.1 Å². The fraction of sp³-hybridized carbons (Fsp3) is 0.929. The van der Waals surface area contributed by atoms with Crippen LogP contribution in [-0.2, 0) is 9.53 Å².